The number of likely N-dealkylation sites (N-methyl/N-ethyl adjacent to an activating group) is 1. The third-order valence-electron chi connectivity index (χ3n) is 7.00. The Balaban J connectivity index is 1.68. The number of hydrogen-bond acceptors (Lipinski definition) is 7. The molecule has 1 heterocycles. The zero-order valence-electron chi connectivity index (χ0n) is 23.1. The van der Waals surface area contributed by atoms with E-state index in [0.717, 1.165) is 28.6 Å². The van der Waals surface area contributed by atoms with E-state index in [2.05, 4.69) is 4.72 Å². The van der Waals surface area contributed by atoms with Gasteiger partial charge in [-0.15, -0.1) is 0 Å². The molecule has 3 aromatic carbocycles. The summed E-state index contributed by atoms with van der Waals surface area (Å²) in [4.78, 5) is 15.0. The normalized spacial score (nSPS) is 18.5. The van der Waals surface area contributed by atoms with Gasteiger partial charge in [0.2, 0.25) is 10.0 Å². The summed E-state index contributed by atoms with van der Waals surface area (Å²) >= 11 is 5.91. The lowest BCUT2D eigenvalue weighted by Gasteiger charge is -2.38. The molecule has 3 aromatic rings. The first-order valence-corrected chi connectivity index (χ1v) is 16.3. The summed E-state index contributed by atoms with van der Waals surface area (Å²) < 4.78 is 75.4. The Labute approximate surface area is 249 Å². The molecular weight excluding hydrogens is 609 g/mol. The van der Waals surface area contributed by atoms with Crippen LogP contribution >= 0.6 is 11.6 Å². The van der Waals surface area contributed by atoms with Gasteiger partial charge in [-0.2, -0.15) is 4.31 Å². The predicted octanol–water partition coefficient (Wildman–Crippen LogP) is 3.82. The van der Waals surface area contributed by atoms with Gasteiger partial charge in [0.05, 0.1) is 34.5 Å². The van der Waals surface area contributed by atoms with E-state index >= 15 is 0 Å². The average Bonchev–Trinajstić information content (AvgIpc) is 2.95. The van der Waals surface area contributed by atoms with Crippen molar-refractivity contribution in [3.63, 3.8) is 0 Å². The molecule has 0 saturated heterocycles. The van der Waals surface area contributed by atoms with Crippen molar-refractivity contribution in [3.05, 3.63) is 83.1 Å². The van der Waals surface area contributed by atoms with E-state index in [1.54, 1.807) is 6.92 Å². The highest BCUT2D eigenvalue weighted by Crippen LogP contribution is 2.32. The van der Waals surface area contributed by atoms with Crippen LogP contribution in [0.3, 0.4) is 0 Å². The summed E-state index contributed by atoms with van der Waals surface area (Å²) in [5, 5.41) is 10.3. The third-order valence-corrected chi connectivity index (χ3v) is 10.5. The summed E-state index contributed by atoms with van der Waals surface area (Å²) in [5.74, 6) is -1.34. The monoisotopic (exact) mass is 639 g/mol. The minimum atomic E-state index is -4.11. The van der Waals surface area contributed by atoms with Crippen LogP contribution in [0.2, 0.25) is 5.02 Å². The maximum absolute atomic E-state index is 13.7. The van der Waals surface area contributed by atoms with Crippen molar-refractivity contribution in [3.8, 4) is 5.75 Å². The smallest absolute Gasteiger partial charge is 0.261 e. The van der Waals surface area contributed by atoms with Crippen LogP contribution in [-0.4, -0.2) is 75.9 Å². The lowest BCUT2D eigenvalue weighted by atomic mass is 9.99. The van der Waals surface area contributed by atoms with Gasteiger partial charge < -0.3 is 14.7 Å². The Hall–Kier alpha value is -3.23. The zero-order chi connectivity index (χ0) is 30.8. The number of rotatable bonds is 9. The first-order chi connectivity index (χ1) is 19.7. The van der Waals surface area contributed by atoms with Crippen LogP contribution in [0.5, 0.6) is 5.75 Å². The highest BCUT2D eigenvalue weighted by molar-refractivity contribution is 7.92. The molecule has 14 heteroatoms. The molecule has 1 amide bonds. The van der Waals surface area contributed by atoms with E-state index in [9.17, 15) is 31.1 Å². The second kappa shape index (κ2) is 12.6. The van der Waals surface area contributed by atoms with Crippen molar-refractivity contribution >= 4 is 43.2 Å². The van der Waals surface area contributed by atoms with Gasteiger partial charge in [0.25, 0.3) is 15.9 Å². The fraction of sp³-hybridized carbons (Fsp3) is 0.321. The number of ether oxygens (including phenoxy) is 1. The molecular formula is C28H31ClFN3O7S2. The van der Waals surface area contributed by atoms with Gasteiger partial charge in [0.15, 0.2) is 0 Å². The Bertz CT molecular complexity index is 1650. The van der Waals surface area contributed by atoms with Crippen LogP contribution in [0, 0.1) is 11.7 Å². The summed E-state index contributed by atoms with van der Waals surface area (Å²) in [6, 6.07) is 13.6. The molecule has 2 N–H and O–H groups in total. The fourth-order valence-electron chi connectivity index (χ4n) is 4.47. The van der Waals surface area contributed by atoms with E-state index in [4.69, 9.17) is 16.3 Å². The maximum Gasteiger partial charge on any atom is 0.261 e. The number of carbonyl (C=O) groups excluding carboxylic acids is 1. The molecule has 1 aliphatic rings. The standard InChI is InChI=1S/C28H31ClFN3O7S2/c1-18-15-33(19(2)17-34)28(35)25-14-22(31-41(36,37)23-11-6-21(30)7-12-23)8-13-26(25)40-27(18)16-32(3)42(38,39)24-9-4-20(29)5-10-24/h4-14,18-19,27,31,34H,15-17H2,1-3H3/t18-,19-,27+/m1/s1. The molecule has 0 aliphatic carbocycles. The van der Waals surface area contributed by atoms with Crippen molar-refractivity contribution < 1.29 is 35.9 Å². The molecule has 3 atom stereocenters. The summed E-state index contributed by atoms with van der Waals surface area (Å²) in [6.07, 6.45) is -0.723. The highest BCUT2D eigenvalue weighted by Gasteiger charge is 2.35. The molecule has 0 spiro atoms. The number of amides is 1. The predicted molar refractivity (Wildman–Crippen MR) is 156 cm³/mol. The van der Waals surface area contributed by atoms with Gasteiger partial charge in [0, 0.05) is 30.2 Å². The Kier molecular flexibility index (Phi) is 9.48. The summed E-state index contributed by atoms with van der Waals surface area (Å²) in [7, 11) is -6.59. The lowest BCUT2D eigenvalue weighted by molar-refractivity contribution is 0.0387. The molecule has 0 saturated carbocycles. The first kappa shape index (κ1) is 31.7. The fourth-order valence-corrected chi connectivity index (χ4v) is 6.83. The number of hydrogen-bond donors (Lipinski definition) is 2. The minimum absolute atomic E-state index is 0.0229. The number of benzene rings is 3. The van der Waals surface area contributed by atoms with Gasteiger partial charge >= 0.3 is 0 Å². The third kappa shape index (κ3) is 6.87. The number of carbonyl (C=O) groups is 1. The number of nitrogens with zero attached hydrogens (tertiary/aromatic N) is 2. The molecule has 0 unspecified atom stereocenters. The van der Waals surface area contributed by atoms with Crippen LogP contribution < -0.4 is 9.46 Å². The van der Waals surface area contributed by atoms with Gasteiger partial charge in [0.1, 0.15) is 17.7 Å². The molecule has 0 fully saturated rings. The molecule has 4 rings (SSSR count). The minimum Gasteiger partial charge on any atom is -0.488 e. The Morgan fingerprint density at radius 2 is 1.69 bits per heavy atom. The molecule has 42 heavy (non-hydrogen) atoms. The number of aliphatic hydroxyl groups is 1. The zero-order valence-corrected chi connectivity index (χ0v) is 25.5. The van der Waals surface area contributed by atoms with E-state index in [1.807, 2.05) is 6.92 Å². The van der Waals surface area contributed by atoms with E-state index in [-0.39, 0.29) is 52.4 Å². The van der Waals surface area contributed by atoms with Crippen LogP contribution in [-0.2, 0) is 20.0 Å². The Morgan fingerprint density at radius 1 is 1.07 bits per heavy atom. The molecule has 10 nitrogen and oxygen atoms in total. The molecule has 1 aliphatic heterocycles. The van der Waals surface area contributed by atoms with E-state index in [0.29, 0.717) is 5.02 Å². The van der Waals surface area contributed by atoms with Crippen molar-refractivity contribution in [1.29, 1.82) is 0 Å². The number of sulfonamides is 2. The number of fused-ring (bicyclic) bond motifs is 1. The van der Waals surface area contributed by atoms with E-state index < -0.39 is 43.9 Å². The number of nitrogens with one attached hydrogen (secondary N) is 1. The summed E-state index contributed by atoms with van der Waals surface area (Å²) in [6.45, 7) is 3.21. The Morgan fingerprint density at radius 3 is 2.31 bits per heavy atom. The van der Waals surface area contributed by atoms with Gasteiger partial charge in [-0.1, -0.05) is 18.5 Å². The highest BCUT2D eigenvalue weighted by atomic mass is 35.5. The first-order valence-electron chi connectivity index (χ1n) is 13.0. The largest absolute Gasteiger partial charge is 0.488 e. The van der Waals surface area contributed by atoms with Crippen molar-refractivity contribution in [2.75, 3.05) is 31.5 Å². The number of aliphatic hydroxyl groups excluding tert-OH is 1. The lowest BCUT2D eigenvalue weighted by Crippen LogP contribution is -2.50. The maximum atomic E-state index is 13.7. The molecule has 226 valence electrons. The van der Waals surface area contributed by atoms with Gasteiger partial charge in [-0.05, 0) is 73.7 Å². The van der Waals surface area contributed by atoms with Gasteiger partial charge in [-0.25, -0.2) is 21.2 Å². The average molecular weight is 640 g/mol. The second-order valence-electron chi connectivity index (χ2n) is 10.1. The number of anilines is 1. The molecule has 0 bridgehead atoms. The van der Waals surface area contributed by atoms with Crippen molar-refractivity contribution in [1.82, 2.24) is 9.21 Å². The quantitative estimate of drug-likeness (QED) is 0.364. The topological polar surface area (TPSA) is 133 Å². The molecule has 0 aromatic heterocycles. The summed E-state index contributed by atoms with van der Waals surface area (Å²) in [5.41, 5.74) is 0.0777. The molecule has 0 radical (unpaired) electrons. The van der Waals surface area contributed by atoms with Crippen molar-refractivity contribution in [2.24, 2.45) is 5.92 Å². The van der Waals surface area contributed by atoms with Crippen molar-refractivity contribution in [2.45, 2.75) is 35.8 Å². The van der Waals surface area contributed by atoms with Crippen LogP contribution in [0.15, 0.2) is 76.5 Å². The number of halogens is 2. The second-order valence-corrected chi connectivity index (χ2v) is 14.3. The van der Waals surface area contributed by atoms with Crippen LogP contribution in [0.1, 0.15) is 24.2 Å². The van der Waals surface area contributed by atoms with E-state index in [1.165, 1.54) is 54.4 Å². The van der Waals surface area contributed by atoms with Gasteiger partial charge in [-0.3, -0.25) is 9.52 Å². The van der Waals surface area contributed by atoms with Crippen LogP contribution in [0.25, 0.3) is 0 Å². The van der Waals surface area contributed by atoms with Crippen LogP contribution in [0.4, 0.5) is 10.1 Å². The SMILES string of the molecule is C[C@@H]1CN([C@H](C)CO)C(=O)c2cc(NS(=O)(=O)c3ccc(F)cc3)ccc2O[C@H]1CN(C)S(=O)(=O)c1ccc(Cl)cc1.